The van der Waals surface area contributed by atoms with Crippen LogP contribution in [0.1, 0.15) is 29.7 Å². The van der Waals surface area contributed by atoms with Gasteiger partial charge in [0, 0.05) is 36.7 Å². The number of benzene rings is 2. The van der Waals surface area contributed by atoms with Crippen LogP contribution in [0, 0.1) is 12.8 Å². The highest BCUT2D eigenvalue weighted by Crippen LogP contribution is 2.40. The van der Waals surface area contributed by atoms with Crippen molar-refractivity contribution in [2.75, 3.05) is 13.6 Å². The second-order valence-corrected chi connectivity index (χ2v) is 8.99. The third-order valence-corrected chi connectivity index (χ3v) is 6.71. The number of para-hydroxylation sites is 1. The molecule has 1 saturated heterocycles. The van der Waals surface area contributed by atoms with E-state index < -0.39 is 17.4 Å². The van der Waals surface area contributed by atoms with Crippen molar-refractivity contribution < 1.29 is 24.4 Å². The molecule has 2 unspecified atom stereocenters. The van der Waals surface area contributed by atoms with Crippen molar-refractivity contribution in [3.05, 3.63) is 71.4 Å². The number of nitrogens with zero attached hydrogens (tertiary/aromatic N) is 3. The average molecular weight is 475 g/mol. The lowest BCUT2D eigenvalue weighted by Crippen LogP contribution is -2.61. The van der Waals surface area contributed by atoms with Crippen molar-refractivity contribution >= 4 is 28.4 Å². The Labute approximate surface area is 202 Å². The molecule has 2 N–H and O–H groups in total. The number of carbonyl (C=O) groups excluding carboxylic acids is 2. The lowest BCUT2D eigenvalue weighted by molar-refractivity contribution is -0.176. The smallest absolute Gasteiger partial charge is 0.270 e. The first kappa shape index (κ1) is 22.8. The number of hydrogen-bond donors (Lipinski definition) is 2. The maximum Gasteiger partial charge on any atom is 0.270 e. The third-order valence-electron chi connectivity index (χ3n) is 6.71. The van der Waals surface area contributed by atoms with E-state index in [0.717, 1.165) is 27.7 Å². The van der Waals surface area contributed by atoms with Gasteiger partial charge < -0.3 is 14.5 Å². The molecule has 9 nitrogen and oxygen atoms in total. The highest BCUT2D eigenvalue weighted by Gasteiger charge is 2.59. The summed E-state index contributed by atoms with van der Waals surface area (Å²) < 4.78 is 6.04. The lowest BCUT2D eigenvalue weighted by Gasteiger charge is -2.40. The minimum Gasteiger partial charge on any atom is -0.489 e. The summed E-state index contributed by atoms with van der Waals surface area (Å²) in [6.07, 6.45) is 0.504. The van der Waals surface area contributed by atoms with E-state index in [2.05, 4.69) is 10.1 Å². The SMILES string of the molecule is Cc1cc(COc2ccc(C3=NOC4(C3)C(=O)N(C)CCC4C(=O)NO)cc2)c2ccccc2n1. The maximum absolute atomic E-state index is 13.0. The van der Waals surface area contributed by atoms with Gasteiger partial charge in [-0.1, -0.05) is 23.4 Å². The number of oxime groups is 1. The number of hydroxylamine groups is 1. The summed E-state index contributed by atoms with van der Waals surface area (Å²) in [6.45, 7) is 2.76. The Hall–Kier alpha value is -3.98. The summed E-state index contributed by atoms with van der Waals surface area (Å²) in [5.41, 5.74) is 4.46. The van der Waals surface area contributed by atoms with Gasteiger partial charge in [-0.25, -0.2) is 5.48 Å². The molecule has 0 bridgehead atoms. The van der Waals surface area contributed by atoms with Crippen LogP contribution in [-0.4, -0.2) is 51.8 Å². The zero-order valence-electron chi connectivity index (χ0n) is 19.5. The van der Waals surface area contributed by atoms with E-state index in [1.807, 2.05) is 61.5 Å². The molecule has 1 aromatic heterocycles. The molecule has 3 heterocycles. The van der Waals surface area contributed by atoms with Gasteiger partial charge in [0.25, 0.3) is 11.8 Å². The fourth-order valence-corrected chi connectivity index (χ4v) is 4.88. The summed E-state index contributed by atoms with van der Waals surface area (Å²) in [6, 6.07) is 17.4. The molecular weight excluding hydrogens is 448 g/mol. The van der Waals surface area contributed by atoms with Crippen LogP contribution in [0.5, 0.6) is 5.75 Å². The Morgan fingerprint density at radius 1 is 1.26 bits per heavy atom. The molecule has 1 fully saturated rings. The fourth-order valence-electron chi connectivity index (χ4n) is 4.88. The topological polar surface area (TPSA) is 113 Å². The molecule has 0 aliphatic carbocycles. The van der Waals surface area contributed by atoms with Gasteiger partial charge in [-0.15, -0.1) is 0 Å². The predicted molar refractivity (Wildman–Crippen MR) is 128 cm³/mol. The highest BCUT2D eigenvalue weighted by atomic mass is 16.7. The molecule has 3 aromatic rings. The zero-order valence-corrected chi connectivity index (χ0v) is 19.5. The van der Waals surface area contributed by atoms with Crippen molar-refractivity contribution in [2.24, 2.45) is 11.1 Å². The van der Waals surface area contributed by atoms with Crippen molar-refractivity contribution in [3.63, 3.8) is 0 Å². The van der Waals surface area contributed by atoms with E-state index in [9.17, 15) is 9.59 Å². The van der Waals surface area contributed by atoms with Gasteiger partial charge in [0.05, 0.1) is 17.1 Å². The number of fused-ring (bicyclic) bond motifs is 1. The van der Waals surface area contributed by atoms with E-state index in [1.54, 1.807) is 12.5 Å². The monoisotopic (exact) mass is 474 g/mol. The number of likely N-dealkylation sites (N-methyl/N-ethyl adjacent to an activating group) is 1. The van der Waals surface area contributed by atoms with Gasteiger partial charge >= 0.3 is 0 Å². The molecule has 2 amide bonds. The summed E-state index contributed by atoms with van der Waals surface area (Å²) in [4.78, 5) is 37.0. The van der Waals surface area contributed by atoms with Crippen LogP contribution in [0.3, 0.4) is 0 Å². The van der Waals surface area contributed by atoms with Gasteiger partial charge in [0.15, 0.2) is 0 Å². The average Bonchev–Trinajstić information content (AvgIpc) is 3.31. The Balaban J connectivity index is 1.31. The minimum absolute atomic E-state index is 0.136. The molecule has 0 saturated carbocycles. The summed E-state index contributed by atoms with van der Waals surface area (Å²) in [7, 11) is 1.66. The number of ether oxygens (including phenoxy) is 1. The van der Waals surface area contributed by atoms with Gasteiger partial charge in [0.1, 0.15) is 12.4 Å². The molecular formula is C26H26N4O5. The minimum atomic E-state index is -1.45. The standard InChI is InChI=1S/C26H26N4O5/c1-16-13-18(20-5-3-4-6-22(20)27-16)15-34-19-9-7-17(8-10-19)23-14-26(35-29-23)21(24(31)28-33)11-12-30(2)25(26)32/h3-10,13,21,33H,11-12,14-15H2,1-2H3,(H,28,31). The predicted octanol–water partition coefficient (Wildman–Crippen LogP) is 2.97. The molecule has 35 heavy (non-hydrogen) atoms. The van der Waals surface area contributed by atoms with Crippen LogP contribution < -0.4 is 10.2 Å². The molecule has 2 aliphatic heterocycles. The highest BCUT2D eigenvalue weighted by molar-refractivity contribution is 6.07. The van der Waals surface area contributed by atoms with Gasteiger partial charge in [0.2, 0.25) is 5.60 Å². The van der Waals surface area contributed by atoms with Crippen molar-refractivity contribution in [2.45, 2.75) is 32.0 Å². The van der Waals surface area contributed by atoms with Crippen LogP contribution in [0.2, 0.25) is 0 Å². The Bertz CT molecular complexity index is 1320. The van der Waals surface area contributed by atoms with E-state index in [0.29, 0.717) is 31.0 Å². The molecule has 180 valence electrons. The van der Waals surface area contributed by atoms with Gasteiger partial charge in [-0.05, 0) is 55.3 Å². The first-order valence-corrected chi connectivity index (χ1v) is 11.4. The molecule has 2 aromatic carbocycles. The summed E-state index contributed by atoms with van der Waals surface area (Å²) in [5.74, 6) is -1.12. The van der Waals surface area contributed by atoms with Crippen LogP contribution in [-0.2, 0) is 21.0 Å². The van der Waals surface area contributed by atoms with Crippen molar-refractivity contribution in [1.29, 1.82) is 0 Å². The van der Waals surface area contributed by atoms with E-state index in [1.165, 1.54) is 4.90 Å². The third kappa shape index (κ3) is 4.08. The summed E-state index contributed by atoms with van der Waals surface area (Å²) in [5, 5.41) is 14.4. The first-order chi connectivity index (χ1) is 16.9. The fraction of sp³-hybridized carbons (Fsp3) is 0.308. The van der Waals surface area contributed by atoms with Crippen LogP contribution in [0.25, 0.3) is 10.9 Å². The van der Waals surface area contributed by atoms with Crippen LogP contribution in [0.15, 0.2) is 59.8 Å². The molecule has 0 radical (unpaired) electrons. The van der Waals surface area contributed by atoms with Gasteiger partial charge in [-0.3, -0.25) is 19.8 Å². The maximum atomic E-state index is 13.0. The molecule has 5 rings (SSSR count). The van der Waals surface area contributed by atoms with Crippen molar-refractivity contribution in [3.8, 4) is 5.75 Å². The summed E-state index contributed by atoms with van der Waals surface area (Å²) >= 11 is 0. The zero-order chi connectivity index (χ0) is 24.6. The molecule has 2 aliphatic rings. The van der Waals surface area contributed by atoms with E-state index >= 15 is 0 Å². The Kier molecular flexibility index (Phi) is 5.86. The van der Waals surface area contributed by atoms with Crippen LogP contribution in [0.4, 0.5) is 0 Å². The molecule has 9 heteroatoms. The quantitative estimate of drug-likeness (QED) is 0.434. The number of pyridine rings is 1. The van der Waals surface area contributed by atoms with Crippen LogP contribution >= 0.6 is 0 Å². The number of likely N-dealkylation sites (tertiary alicyclic amines) is 1. The second kappa shape index (κ2) is 8.99. The first-order valence-electron chi connectivity index (χ1n) is 11.4. The number of piperidine rings is 1. The number of hydrogen-bond acceptors (Lipinski definition) is 7. The van der Waals surface area contributed by atoms with Gasteiger partial charge in [-0.2, -0.15) is 0 Å². The number of aromatic nitrogens is 1. The largest absolute Gasteiger partial charge is 0.489 e. The number of rotatable bonds is 5. The number of nitrogens with one attached hydrogen (secondary N) is 1. The van der Waals surface area contributed by atoms with Crippen molar-refractivity contribution in [1.82, 2.24) is 15.4 Å². The second-order valence-electron chi connectivity index (χ2n) is 8.99. The van der Waals surface area contributed by atoms with E-state index in [4.69, 9.17) is 14.8 Å². The number of amides is 2. The Morgan fingerprint density at radius 3 is 2.80 bits per heavy atom. The van der Waals surface area contributed by atoms with E-state index in [-0.39, 0.29) is 12.3 Å². The number of aryl methyl sites for hydroxylation is 1. The normalized spacial score (nSPS) is 21.7. The Morgan fingerprint density at radius 2 is 2.03 bits per heavy atom. The lowest BCUT2D eigenvalue weighted by atomic mass is 9.76. The number of carbonyl (C=O) groups is 2. The molecule has 2 atom stereocenters. The molecule has 1 spiro atoms.